The molecule has 4 atom stereocenters. The van der Waals surface area contributed by atoms with Gasteiger partial charge < -0.3 is 14.6 Å². The third kappa shape index (κ3) is 4.46. The number of hydrogen-bond acceptors (Lipinski definition) is 5. The standard InChI is InChI=1S/C26H32INO5/c1-5-6-16-12-17-23(26(31)28(3)25(17)30)18-13-33-20(22(16)18)8-7-14(2)9-15-10-19(27)24(29)21(11-15)32-4/h9-11,17-18,20,23,29H,5-8,12-13H2,1-4H3/b14-9+/t17-,18+,20-,23-/m1/s1. The smallest absolute Gasteiger partial charge is 0.233 e. The zero-order valence-corrected chi connectivity index (χ0v) is 21.8. The number of benzene rings is 1. The van der Waals surface area contributed by atoms with Gasteiger partial charge in [0.15, 0.2) is 11.5 Å². The fourth-order valence-corrected chi connectivity index (χ4v) is 6.34. The molecule has 0 saturated carbocycles. The van der Waals surface area contributed by atoms with Crippen LogP contribution in [0, 0.1) is 21.3 Å². The van der Waals surface area contributed by atoms with Crippen LogP contribution in [0.2, 0.25) is 0 Å². The Bertz CT molecular complexity index is 1030. The lowest BCUT2D eigenvalue weighted by atomic mass is 9.68. The van der Waals surface area contributed by atoms with Crippen molar-refractivity contribution >= 4 is 40.5 Å². The summed E-state index contributed by atoms with van der Waals surface area (Å²) in [5, 5.41) is 10.1. The second-order valence-corrected chi connectivity index (χ2v) is 10.6. The number of fused-ring (bicyclic) bond motifs is 3. The average Bonchev–Trinajstić information content (AvgIpc) is 3.30. The molecule has 1 aromatic rings. The number of aromatic hydroxyl groups is 1. The van der Waals surface area contributed by atoms with Crippen molar-refractivity contribution in [1.82, 2.24) is 4.90 Å². The topological polar surface area (TPSA) is 76.1 Å². The highest BCUT2D eigenvalue weighted by molar-refractivity contribution is 14.1. The molecule has 2 saturated heterocycles. The molecule has 178 valence electrons. The molecular formula is C26H32INO5. The fourth-order valence-electron chi connectivity index (χ4n) is 5.72. The number of amides is 2. The quantitative estimate of drug-likeness (QED) is 0.288. The molecule has 33 heavy (non-hydrogen) atoms. The normalized spacial score (nSPS) is 27.3. The zero-order chi connectivity index (χ0) is 23.9. The summed E-state index contributed by atoms with van der Waals surface area (Å²) in [6.07, 6.45) is 6.50. The molecule has 2 heterocycles. The van der Waals surface area contributed by atoms with Crippen molar-refractivity contribution in [2.75, 3.05) is 20.8 Å². The van der Waals surface area contributed by atoms with Crippen molar-refractivity contribution in [2.24, 2.45) is 17.8 Å². The van der Waals surface area contributed by atoms with E-state index in [0.29, 0.717) is 18.8 Å². The van der Waals surface area contributed by atoms with Gasteiger partial charge in [0.25, 0.3) is 0 Å². The summed E-state index contributed by atoms with van der Waals surface area (Å²) in [6.45, 7) is 4.79. The van der Waals surface area contributed by atoms with Gasteiger partial charge in [0.2, 0.25) is 11.8 Å². The van der Waals surface area contributed by atoms with Gasteiger partial charge in [-0.1, -0.05) is 30.6 Å². The summed E-state index contributed by atoms with van der Waals surface area (Å²) < 4.78 is 12.3. The van der Waals surface area contributed by atoms with Gasteiger partial charge in [0.1, 0.15) is 0 Å². The van der Waals surface area contributed by atoms with E-state index in [-0.39, 0.29) is 41.4 Å². The largest absolute Gasteiger partial charge is 0.504 e. The van der Waals surface area contributed by atoms with E-state index in [4.69, 9.17) is 9.47 Å². The second-order valence-electron chi connectivity index (χ2n) is 9.39. The summed E-state index contributed by atoms with van der Waals surface area (Å²) in [4.78, 5) is 26.8. The number of allylic oxidation sites excluding steroid dienone is 2. The number of methoxy groups -OCH3 is 1. The zero-order valence-electron chi connectivity index (χ0n) is 19.7. The molecule has 1 aromatic carbocycles. The third-order valence-corrected chi connectivity index (χ3v) is 8.09. The molecule has 0 bridgehead atoms. The van der Waals surface area contributed by atoms with E-state index in [1.54, 1.807) is 14.2 Å². The molecule has 2 fully saturated rings. The maximum atomic E-state index is 12.8. The minimum absolute atomic E-state index is 0.00384. The molecule has 1 aliphatic carbocycles. The fraction of sp³-hybridized carbons (Fsp3) is 0.538. The summed E-state index contributed by atoms with van der Waals surface area (Å²) >= 11 is 2.10. The van der Waals surface area contributed by atoms with Crippen molar-refractivity contribution in [2.45, 2.75) is 52.1 Å². The number of carbonyl (C=O) groups excluding carboxylic acids is 2. The van der Waals surface area contributed by atoms with Crippen molar-refractivity contribution in [1.29, 1.82) is 0 Å². The van der Waals surface area contributed by atoms with Gasteiger partial charge in [0.05, 0.1) is 35.2 Å². The summed E-state index contributed by atoms with van der Waals surface area (Å²) in [5.41, 5.74) is 4.83. The summed E-state index contributed by atoms with van der Waals surface area (Å²) in [5.74, 6) is 0.117. The number of phenolic OH excluding ortho intramolecular Hbond substituents is 1. The summed E-state index contributed by atoms with van der Waals surface area (Å²) in [7, 11) is 3.17. The number of nitrogens with zero attached hydrogens (tertiary/aromatic N) is 1. The molecule has 2 aliphatic heterocycles. The molecule has 4 rings (SSSR count). The van der Waals surface area contributed by atoms with E-state index in [9.17, 15) is 14.7 Å². The molecule has 6 nitrogen and oxygen atoms in total. The van der Waals surface area contributed by atoms with Crippen LogP contribution in [0.1, 0.15) is 51.5 Å². The Morgan fingerprint density at radius 1 is 1.30 bits per heavy atom. The SMILES string of the molecule is CCCC1=C2[C@@H](CC/C(C)=C/c3cc(I)c(O)c(OC)c3)OC[C@@H]2[C@@H]2C(=O)N(C)C(=O)[C@@H]2C1. The van der Waals surface area contributed by atoms with Crippen molar-refractivity contribution < 1.29 is 24.2 Å². The van der Waals surface area contributed by atoms with Crippen molar-refractivity contribution in [3.8, 4) is 11.5 Å². The van der Waals surface area contributed by atoms with Crippen LogP contribution < -0.4 is 4.74 Å². The van der Waals surface area contributed by atoms with Gasteiger partial charge in [-0.25, -0.2) is 0 Å². The number of imide groups is 1. The van der Waals surface area contributed by atoms with Crippen LogP contribution in [0.3, 0.4) is 0 Å². The Labute approximate surface area is 209 Å². The lowest BCUT2D eigenvalue weighted by Crippen LogP contribution is -2.34. The molecule has 7 heteroatoms. The van der Waals surface area contributed by atoms with Crippen LogP contribution in [0.4, 0.5) is 0 Å². The number of halogens is 1. The van der Waals surface area contributed by atoms with E-state index in [1.165, 1.54) is 21.6 Å². The highest BCUT2D eigenvalue weighted by atomic mass is 127. The highest BCUT2D eigenvalue weighted by Crippen LogP contribution is 2.50. The molecule has 0 aromatic heterocycles. The molecule has 2 amide bonds. The Kier molecular flexibility index (Phi) is 7.19. The number of hydrogen-bond donors (Lipinski definition) is 1. The molecule has 1 N–H and O–H groups in total. The molecule has 3 aliphatic rings. The molecule has 0 unspecified atom stereocenters. The number of ether oxygens (including phenoxy) is 2. The minimum Gasteiger partial charge on any atom is -0.504 e. The van der Waals surface area contributed by atoms with Gasteiger partial charge in [0, 0.05) is 13.0 Å². The lowest BCUT2D eigenvalue weighted by Gasteiger charge is -2.32. The Balaban J connectivity index is 1.52. The van der Waals surface area contributed by atoms with Crippen LogP contribution in [0.5, 0.6) is 11.5 Å². The van der Waals surface area contributed by atoms with E-state index in [0.717, 1.165) is 34.8 Å². The van der Waals surface area contributed by atoms with Crippen LogP contribution in [0.15, 0.2) is 28.9 Å². The first-order chi connectivity index (χ1) is 15.8. The Hall–Kier alpha value is -1.87. The van der Waals surface area contributed by atoms with E-state index >= 15 is 0 Å². The van der Waals surface area contributed by atoms with E-state index < -0.39 is 0 Å². The number of phenols is 1. The van der Waals surface area contributed by atoms with Crippen molar-refractivity contribution in [3.05, 3.63) is 38.0 Å². The van der Waals surface area contributed by atoms with Gasteiger partial charge in [-0.3, -0.25) is 14.5 Å². The van der Waals surface area contributed by atoms with Gasteiger partial charge in [-0.2, -0.15) is 0 Å². The van der Waals surface area contributed by atoms with Gasteiger partial charge in [-0.05, 0) is 78.5 Å². The Morgan fingerprint density at radius 2 is 2.06 bits per heavy atom. The molecular weight excluding hydrogens is 533 g/mol. The van der Waals surface area contributed by atoms with Gasteiger partial charge >= 0.3 is 0 Å². The first-order valence-electron chi connectivity index (χ1n) is 11.6. The lowest BCUT2D eigenvalue weighted by molar-refractivity contribution is -0.138. The van der Waals surface area contributed by atoms with Crippen LogP contribution >= 0.6 is 22.6 Å². The predicted molar refractivity (Wildman–Crippen MR) is 135 cm³/mol. The monoisotopic (exact) mass is 565 g/mol. The van der Waals surface area contributed by atoms with Crippen LogP contribution in [-0.2, 0) is 14.3 Å². The molecule has 0 spiro atoms. The highest BCUT2D eigenvalue weighted by Gasteiger charge is 2.55. The second kappa shape index (κ2) is 9.78. The third-order valence-electron chi connectivity index (χ3n) is 7.26. The van der Waals surface area contributed by atoms with Crippen LogP contribution in [0.25, 0.3) is 6.08 Å². The number of carbonyl (C=O) groups is 2. The average molecular weight is 565 g/mol. The molecule has 0 radical (unpaired) electrons. The Morgan fingerprint density at radius 3 is 2.76 bits per heavy atom. The number of likely N-dealkylation sites (tertiary alicyclic amines) is 1. The van der Waals surface area contributed by atoms with Gasteiger partial charge in [-0.15, -0.1) is 0 Å². The number of rotatable bonds is 7. The summed E-state index contributed by atoms with van der Waals surface area (Å²) in [6, 6.07) is 3.78. The first kappa shape index (κ1) is 24.3. The minimum atomic E-state index is -0.258. The predicted octanol–water partition coefficient (Wildman–Crippen LogP) is 4.94. The van der Waals surface area contributed by atoms with Crippen molar-refractivity contribution in [3.63, 3.8) is 0 Å². The van der Waals surface area contributed by atoms with Crippen LogP contribution in [-0.4, -0.2) is 48.7 Å². The maximum absolute atomic E-state index is 12.8. The first-order valence-corrected chi connectivity index (χ1v) is 12.7. The van der Waals surface area contributed by atoms with E-state index in [2.05, 4.69) is 42.5 Å². The van der Waals surface area contributed by atoms with E-state index in [1.807, 2.05) is 12.1 Å². The maximum Gasteiger partial charge on any atom is 0.233 e.